The number of aromatic nitrogens is 4. The van der Waals surface area contributed by atoms with E-state index in [1.807, 2.05) is 6.92 Å². The van der Waals surface area contributed by atoms with E-state index in [-0.39, 0.29) is 5.82 Å². The maximum atomic E-state index is 11.1. The normalized spacial score (nSPS) is 20.9. The van der Waals surface area contributed by atoms with E-state index in [9.17, 15) is 4.79 Å². The van der Waals surface area contributed by atoms with E-state index in [0.717, 1.165) is 56.4 Å². The molecule has 2 aromatic rings. The second-order valence-electron chi connectivity index (χ2n) is 7.34. The van der Waals surface area contributed by atoms with Crippen LogP contribution in [0.4, 0.5) is 5.82 Å². The zero-order valence-corrected chi connectivity index (χ0v) is 15.6. The molecule has 0 radical (unpaired) electrons. The summed E-state index contributed by atoms with van der Waals surface area (Å²) in [5.41, 5.74) is 6.29. The maximum Gasteiger partial charge on any atom is 0.290 e. The highest BCUT2D eigenvalue weighted by Crippen LogP contribution is 2.29. The van der Waals surface area contributed by atoms with Crippen molar-refractivity contribution in [3.05, 3.63) is 29.3 Å². The summed E-state index contributed by atoms with van der Waals surface area (Å²) in [7, 11) is 0. The van der Waals surface area contributed by atoms with Gasteiger partial charge in [-0.1, -0.05) is 5.16 Å². The number of hydrogen-bond acceptors (Lipinski definition) is 8. The van der Waals surface area contributed by atoms with Gasteiger partial charge >= 0.3 is 0 Å². The number of nitrogens with zero attached hydrogens (tertiary/aromatic N) is 6. The highest BCUT2D eigenvalue weighted by Gasteiger charge is 2.26. The average Bonchev–Trinajstić information content (AvgIpc) is 3.33. The molecule has 144 valence electrons. The lowest BCUT2D eigenvalue weighted by Gasteiger charge is -2.31. The van der Waals surface area contributed by atoms with Crippen LogP contribution < -0.4 is 10.6 Å². The molecule has 0 bridgehead atoms. The van der Waals surface area contributed by atoms with E-state index in [0.29, 0.717) is 18.4 Å². The molecule has 2 saturated heterocycles. The third-order valence-corrected chi connectivity index (χ3v) is 5.25. The molecule has 9 heteroatoms. The molecule has 0 unspecified atom stereocenters. The summed E-state index contributed by atoms with van der Waals surface area (Å²) in [6, 6.07) is 2.16. The molecule has 2 N–H and O–H groups in total. The quantitative estimate of drug-likeness (QED) is 0.835. The number of likely N-dealkylation sites (tertiary alicyclic amines) is 1. The van der Waals surface area contributed by atoms with Crippen LogP contribution in [0.25, 0.3) is 0 Å². The summed E-state index contributed by atoms with van der Waals surface area (Å²) < 4.78 is 5.14. The van der Waals surface area contributed by atoms with Crippen molar-refractivity contribution in [2.45, 2.75) is 45.1 Å². The molecule has 9 nitrogen and oxygen atoms in total. The standard InChI is InChI=1S/C18H25N7O2/c1-12-20-14(9-15(21-12)25-7-2-3-8-25)13-5-4-6-24(10-13)11-16-22-18(17(19)26)23-27-16/h9,13H,2-8,10-11H2,1H3,(H2,19,26)/t13-/m1/s1. The van der Waals surface area contributed by atoms with Crippen LogP contribution in [0.15, 0.2) is 10.6 Å². The topological polar surface area (TPSA) is 114 Å². The maximum absolute atomic E-state index is 11.1. The SMILES string of the molecule is Cc1nc([C@@H]2CCCN(Cc3nc(C(N)=O)no3)C2)cc(N2CCCC2)n1. The molecule has 0 spiro atoms. The highest BCUT2D eigenvalue weighted by atomic mass is 16.5. The summed E-state index contributed by atoms with van der Waals surface area (Å²) in [5, 5.41) is 3.61. The second-order valence-corrected chi connectivity index (χ2v) is 7.34. The summed E-state index contributed by atoms with van der Waals surface area (Å²) in [4.78, 5) is 29.2. The first-order chi connectivity index (χ1) is 13.1. The first-order valence-electron chi connectivity index (χ1n) is 9.54. The fraction of sp³-hybridized carbons (Fsp3) is 0.611. The lowest BCUT2D eigenvalue weighted by atomic mass is 9.94. The molecule has 0 aliphatic carbocycles. The van der Waals surface area contributed by atoms with Gasteiger partial charge in [0.15, 0.2) is 0 Å². The summed E-state index contributed by atoms with van der Waals surface area (Å²) >= 11 is 0. The zero-order chi connectivity index (χ0) is 18.8. The van der Waals surface area contributed by atoms with Crippen molar-refractivity contribution in [1.29, 1.82) is 0 Å². The van der Waals surface area contributed by atoms with Crippen molar-refractivity contribution in [3.63, 3.8) is 0 Å². The minimum Gasteiger partial charge on any atom is -0.363 e. The molecule has 0 aromatic carbocycles. The van der Waals surface area contributed by atoms with Gasteiger partial charge in [-0.3, -0.25) is 9.69 Å². The average molecular weight is 371 g/mol. The van der Waals surface area contributed by atoms with Crippen molar-refractivity contribution < 1.29 is 9.32 Å². The van der Waals surface area contributed by atoms with Crippen LogP contribution in [0.3, 0.4) is 0 Å². The largest absolute Gasteiger partial charge is 0.363 e. The number of primary amides is 1. The van der Waals surface area contributed by atoms with Gasteiger partial charge in [-0.15, -0.1) is 0 Å². The van der Waals surface area contributed by atoms with Crippen LogP contribution in [-0.4, -0.2) is 57.1 Å². The smallest absolute Gasteiger partial charge is 0.290 e. The van der Waals surface area contributed by atoms with Gasteiger partial charge in [-0.25, -0.2) is 9.97 Å². The first kappa shape index (κ1) is 17.8. The van der Waals surface area contributed by atoms with E-state index in [1.165, 1.54) is 12.8 Å². The van der Waals surface area contributed by atoms with E-state index >= 15 is 0 Å². The van der Waals surface area contributed by atoms with Crippen LogP contribution in [0.1, 0.15) is 59.6 Å². The highest BCUT2D eigenvalue weighted by molar-refractivity contribution is 5.88. The Morgan fingerprint density at radius 3 is 2.78 bits per heavy atom. The molecule has 2 aliphatic rings. The van der Waals surface area contributed by atoms with Gasteiger partial charge in [-0.05, 0) is 39.2 Å². The van der Waals surface area contributed by atoms with Crippen molar-refractivity contribution in [3.8, 4) is 0 Å². The van der Waals surface area contributed by atoms with Crippen LogP contribution in [0.2, 0.25) is 0 Å². The lowest BCUT2D eigenvalue weighted by Crippen LogP contribution is -2.34. The molecule has 2 fully saturated rings. The van der Waals surface area contributed by atoms with E-state index in [1.54, 1.807) is 0 Å². The Bertz CT molecular complexity index is 816. The molecule has 2 aromatic heterocycles. The molecular formula is C18H25N7O2. The fourth-order valence-corrected chi connectivity index (χ4v) is 3.94. The first-order valence-corrected chi connectivity index (χ1v) is 9.54. The Kier molecular flexibility index (Phi) is 5.02. The molecule has 1 amide bonds. The van der Waals surface area contributed by atoms with E-state index in [4.69, 9.17) is 15.2 Å². The van der Waals surface area contributed by atoms with Crippen molar-refractivity contribution in [2.75, 3.05) is 31.1 Å². The van der Waals surface area contributed by atoms with Gasteiger partial charge in [-0.2, -0.15) is 4.98 Å². The van der Waals surface area contributed by atoms with Crippen molar-refractivity contribution >= 4 is 11.7 Å². The molecule has 0 saturated carbocycles. The third-order valence-electron chi connectivity index (χ3n) is 5.25. The molecule has 1 atom stereocenters. The number of anilines is 1. The van der Waals surface area contributed by atoms with Gasteiger partial charge in [0, 0.05) is 31.6 Å². The van der Waals surface area contributed by atoms with Gasteiger partial charge in [0.05, 0.1) is 12.2 Å². The fourth-order valence-electron chi connectivity index (χ4n) is 3.94. The zero-order valence-electron chi connectivity index (χ0n) is 15.6. The van der Waals surface area contributed by atoms with Crippen LogP contribution in [0.5, 0.6) is 0 Å². The number of piperidine rings is 1. The molecule has 27 heavy (non-hydrogen) atoms. The third kappa shape index (κ3) is 4.08. The minimum atomic E-state index is -0.674. The molecular weight excluding hydrogens is 346 g/mol. The Morgan fingerprint density at radius 2 is 2.04 bits per heavy atom. The Balaban J connectivity index is 1.46. The predicted molar refractivity (Wildman–Crippen MR) is 98.3 cm³/mol. The van der Waals surface area contributed by atoms with Crippen LogP contribution >= 0.6 is 0 Å². The molecule has 2 aliphatic heterocycles. The van der Waals surface area contributed by atoms with Gasteiger partial charge < -0.3 is 15.2 Å². The summed E-state index contributed by atoms with van der Waals surface area (Å²) in [6.07, 6.45) is 4.63. The van der Waals surface area contributed by atoms with Gasteiger partial charge in [0.25, 0.3) is 11.7 Å². The Hall–Kier alpha value is -2.55. The number of nitrogens with two attached hydrogens (primary N) is 1. The monoisotopic (exact) mass is 371 g/mol. The van der Waals surface area contributed by atoms with E-state index < -0.39 is 5.91 Å². The van der Waals surface area contributed by atoms with Crippen LogP contribution in [-0.2, 0) is 6.54 Å². The Morgan fingerprint density at radius 1 is 1.22 bits per heavy atom. The second kappa shape index (κ2) is 7.59. The van der Waals surface area contributed by atoms with Crippen LogP contribution in [0, 0.1) is 6.92 Å². The number of amides is 1. The van der Waals surface area contributed by atoms with Crippen molar-refractivity contribution in [1.82, 2.24) is 25.0 Å². The molecule has 4 rings (SSSR count). The number of aryl methyl sites for hydroxylation is 1. The molecule has 4 heterocycles. The Labute approximate surface area is 158 Å². The van der Waals surface area contributed by atoms with Gasteiger partial charge in [0.2, 0.25) is 5.89 Å². The number of carbonyl (C=O) groups excluding carboxylic acids is 1. The number of carbonyl (C=O) groups is 1. The number of hydrogen-bond donors (Lipinski definition) is 1. The predicted octanol–water partition coefficient (Wildman–Crippen LogP) is 1.25. The van der Waals surface area contributed by atoms with E-state index in [2.05, 4.69) is 31.0 Å². The van der Waals surface area contributed by atoms with Gasteiger partial charge in [0.1, 0.15) is 11.6 Å². The lowest BCUT2D eigenvalue weighted by molar-refractivity contribution is 0.0987. The minimum absolute atomic E-state index is 0.0692. The summed E-state index contributed by atoms with van der Waals surface area (Å²) in [5.74, 6) is 1.90. The summed E-state index contributed by atoms with van der Waals surface area (Å²) in [6.45, 7) is 6.45. The van der Waals surface area contributed by atoms with Crippen molar-refractivity contribution in [2.24, 2.45) is 5.73 Å². The number of rotatable bonds is 5.